The summed E-state index contributed by atoms with van der Waals surface area (Å²) in [5, 5.41) is 34.1. The summed E-state index contributed by atoms with van der Waals surface area (Å²) in [6, 6.07) is 0. The molecule has 0 radical (unpaired) electrons. The number of fused-ring (bicyclic) bond motifs is 10. The summed E-state index contributed by atoms with van der Waals surface area (Å²) >= 11 is 0. The Morgan fingerprint density at radius 1 is 0.857 bits per heavy atom. The molecule has 4 saturated heterocycles. The van der Waals surface area contributed by atoms with Crippen molar-refractivity contribution < 1.29 is 51.5 Å². The summed E-state index contributed by atoms with van der Waals surface area (Å²) < 4.78 is 63.5. The van der Waals surface area contributed by atoms with Crippen molar-refractivity contribution in [3.8, 4) is 0 Å². The maximum absolute atomic E-state index is 13.5. The summed E-state index contributed by atoms with van der Waals surface area (Å²) in [6.45, 7) is 27.1. The van der Waals surface area contributed by atoms with Crippen molar-refractivity contribution in [3.05, 3.63) is 33.9 Å². The molecule has 0 amide bonds. The van der Waals surface area contributed by atoms with Crippen molar-refractivity contribution in [2.24, 2.45) is 79.8 Å². The number of rotatable bonds is 8. The fourth-order valence-corrected chi connectivity index (χ4v) is 21.5. The topological polar surface area (TPSA) is 172 Å². The van der Waals surface area contributed by atoms with Crippen molar-refractivity contribution in [2.45, 2.75) is 233 Å². The van der Waals surface area contributed by atoms with Gasteiger partial charge in [0.15, 0.2) is 5.78 Å². The van der Waals surface area contributed by atoms with Crippen LogP contribution >= 0.6 is 0 Å². The Morgan fingerprint density at radius 2 is 1.50 bits per heavy atom. The number of hydrogen-bond donors (Lipinski definition) is 3. The molecule has 4 heterocycles. The molecule has 12 aliphatic rings. The summed E-state index contributed by atoms with van der Waals surface area (Å²) in [5.74, 6) is 0.414. The SMILES string of the molecule is C[C@@H]([C@H]1CC[C@H]2C3=C(CC[C@]12C)[C@@]1(C)C[C@H](O)C(=O)C(C)(C)[C@@H]1[C@@H](OS(=O)(=O)[O-])C3)[C@H]1C[C@@H]2C[C@@](C)(OC2(C)C)[C@H](CC[C@@H](C)[C@H]2CC[C@H]3C4=C(CC[C@]23C)[C@@]23CO[C@@](O)([C@@H](O)C2)C(C)(C)C3=CC4)O1. The van der Waals surface area contributed by atoms with Crippen LogP contribution in [0.3, 0.4) is 0 Å². The van der Waals surface area contributed by atoms with E-state index in [1.807, 2.05) is 0 Å². The van der Waals surface area contributed by atoms with E-state index in [1.54, 1.807) is 19.4 Å². The molecule has 11 nitrogen and oxygen atoms in total. The van der Waals surface area contributed by atoms with Crippen LogP contribution in [0.4, 0.5) is 0 Å². The van der Waals surface area contributed by atoms with Gasteiger partial charge in [-0.25, -0.2) is 8.42 Å². The lowest BCUT2D eigenvalue weighted by Gasteiger charge is -2.65. The van der Waals surface area contributed by atoms with Gasteiger partial charge in [-0.3, -0.25) is 8.98 Å². The highest BCUT2D eigenvalue weighted by molar-refractivity contribution is 7.80. The van der Waals surface area contributed by atoms with E-state index in [0.29, 0.717) is 49.0 Å². The molecule has 4 bridgehead atoms. The third-order valence-electron chi connectivity index (χ3n) is 24.2. The molecule has 12 rings (SSSR count). The Balaban J connectivity index is 0.823. The molecule has 4 saturated carbocycles. The quantitative estimate of drug-likeness (QED) is 0.120. The molecule has 0 aromatic carbocycles. The Hall–Kier alpha value is -1.48. The first-order valence-electron chi connectivity index (χ1n) is 27.8. The normalized spacial score (nSPS) is 50.5. The van der Waals surface area contributed by atoms with Crippen LogP contribution < -0.4 is 0 Å². The highest BCUT2D eigenvalue weighted by Crippen LogP contribution is 2.72. The van der Waals surface area contributed by atoms with E-state index >= 15 is 0 Å². The number of carbonyl (C=O) groups is 1. The summed E-state index contributed by atoms with van der Waals surface area (Å²) in [4.78, 5) is 13.5. The summed E-state index contributed by atoms with van der Waals surface area (Å²) in [7, 11) is -5.06. The van der Waals surface area contributed by atoms with E-state index in [4.69, 9.17) is 18.4 Å². The molecule has 0 aromatic rings. The van der Waals surface area contributed by atoms with Crippen LogP contribution in [-0.2, 0) is 33.6 Å². The largest absolute Gasteiger partial charge is 0.726 e. The van der Waals surface area contributed by atoms with Gasteiger partial charge in [-0.05, 0) is 181 Å². The third-order valence-corrected chi connectivity index (χ3v) is 24.7. The highest BCUT2D eigenvalue weighted by Gasteiger charge is 2.70. The highest BCUT2D eigenvalue weighted by atomic mass is 32.3. The number of carbonyl (C=O) groups excluding carboxylic acids is 1. The van der Waals surface area contributed by atoms with Crippen molar-refractivity contribution in [2.75, 3.05) is 6.61 Å². The van der Waals surface area contributed by atoms with Crippen molar-refractivity contribution in [1.29, 1.82) is 0 Å². The lowest BCUT2D eigenvalue weighted by molar-refractivity contribution is -0.359. The second kappa shape index (κ2) is 15.8. The number of aliphatic hydroxyl groups is 3. The molecule has 392 valence electrons. The molecule has 0 unspecified atom stereocenters. The Labute approximate surface area is 419 Å². The smallest absolute Gasteiger partial charge is 0.217 e. The Morgan fingerprint density at radius 3 is 2.17 bits per heavy atom. The zero-order valence-corrected chi connectivity index (χ0v) is 45.4. The summed E-state index contributed by atoms with van der Waals surface area (Å²) in [6.07, 6.45) is 13.8. The monoisotopic (exact) mass is 992 g/mol. The fourth-order valence-electron chi connectivity index (χ4n) is 21.0. The van der Waals surface area contributed by atoms with Crippen LogP contribution in [0.25, 0.3) is 0 Å². The van der Waals surface area contributed by atoms with Gasteiger partial charge in [0.25, 0.3) is 0 Å². The third kappa shape index (κ3) is 6.83. The average molecular weight is 992 g/mol. The minimum atomic E-state index is -5.06. The van der Waals surface area contributed by atoms with Gasteiger partial charge < -0.3 is 34.1 Å². The minimum Gasteiger partial charge on any atom is -0.726 e. The average Bonchev–Trinajstić information content (AvgIpc) is 3.83. The first-order chi connectivity index (χ1) is 32.4. The molecule has 8 aliphatic carbocycles. The molecule has 8 fully saturated rings. The molecule has 3 N–H and O–H groups in total. The molecular formula is C58H87O11S-. The van der Waals surface area contributed by atoms with Gasteiger partial charge in [0.2, 0.25) is 16.2 Å². The van der Waals surface area contributed by atoms with Crippen molar-refractivity contribution in [1.82, 2.24) is 0 Å². The van der Waals surface area contributed by atoms with Gasteiger partial charge in [0.05, 0.1) is 36.1 Å². The lowest BCUT2D eigenvalue weighted by Crippen LogP contribution is -2.70. The van der Waals surface area contributed by atoms with Gasteiger partial charge in [-0.2, -0.15) is 0 Å². The van der Waals surface area contributed by atoms with Crippen LogP contribution in [-0.4, -0.2) is 88.2 Å². The van der Waals surface area contributed by atoms with Gasteiger partial charge in [0.1, 0.15) is 12.2 Å². The van der Waals surface area contributed by atoms with E-state index in [9.17, 15) is 33.1 Å². The number of hydrogen-bond acceptors (Lipinski definition) is 11. The fraction of sp³-hybridized carbons (Fsp3) is 0.879. The first kappa shape index (κ1) is 50.7. The van der Waals surface area contributed by atoms with E-state index < -0.39 is 56.7 Å². The van der Waals surface area contributed by atoms with E-state index in [2.05, 4.69) is 75.3 Å². The predicted octanol–water partition coefficient (Wildman–Crippen LogP) is 10.1. The maximum Gasteiger partial charge on any atom is 0.217 e. The predicted molar refractivity (Wildman–Crippen MR) is 264 cm³/mol. The van der Waals surface area contributed by atoms with Crippen LogP contribution in [0.2, 0.25) is 0 Å². The Kier molecular flexibility index (Phi) is 11.4. The molecule has 12 heteroatoms. The van der Waals surface area contributed by atoms with Crippen LogP contribution in [0, 0.1) is 79.8 Å². The number of allylic oxidation sites excluding steroid dienone is 3. The number of Topliss-reactive ketones (excluding diaryl/α,β-unsaturated/α-hetero) is 1. The molecule has 4 aliphatic heterocycles. The zero-order chi connectivity index (χ0) is 50.5. The number of ether oxygens (including phenoxy) is 3. The summed E-state index contributed by atoms with van der Waals surface area (Å²) in [5.41, 5.74) is 3.61. The van der Waals surface area contributed by atoms with Gasteiger partial charge in [0, 0.05) is 22.2 Å². The van der Waals surface area contributed by atoms with Crippen LogP contribution in [0.1, 0.15) is 186 Å². The van der Waals surface area contributed by atoms with Crippen LogP contribution in [0.5, 0.6) is 0 Å². The van der Waals surface area contributed by atoms with Gasteiger partial charge in [-0.1, -0.05) is 96.3 Å². The Bertz CT molecular complexity index is 2420. The van der Waals surface area contributed by atoms with Gasteiger partial charge in [-0.15, -0.1) is 0 Å². The molecule has 70 heavy (non-hydrogen) atoms. The molecule has 1 spiro atoms. The van der Waals surface area contributed by atoms with E-state index in [-0.39, 0.29) is 63.7 Å². The standard InChI is InChI=1S/C58H88O11S/c1-31(36-15-17-38-34-14-19-45-51(5,6)58(62)46(60)29-57(45,30-66-58)41(34)22-24-53(36,38)9)13-20-47-56(12)27-33(52(7,8)69-56)25-43(67-47)32(2)37-16-18-39-35-26-44(68-70(63,64)65)48-50(3,4)49(61)42(59)28-55(48,11)40(35)21-23-54(37,39)10/h19,31-33,36-39,42-44,46-48,59-60,62H,13-18,20-30H2,1-12H3,(H,63,64,65)/p-1/t31-,32+,33-,36-,37-,38+,39+,42+,43-,44+,46+,47+,48+,53-,54-,55-,56-,57+,58+/m1/s1. The van der Waals surface area contributed by atoms with Crippen LogP contribution in [0.15, 0.2) is 33.9 Å². The first-order valence-corrected chi connectivity index (χ1v) is 29.1. The molecule has 0 aromatic heterocycles. The lowest BCUT2D eigenvalue weighted by atomic mass is 9.45. The second-order valence-electron chi connectivity index (χ2n) is 28.4. The number of ketones is 1. The zero-order valence-electron chi connectivity index (χ0n) is 44.6. The van der Waals surface area contributed by atoms with E-state index in [1.165, 1.54) is 35.1 Å². The number of aliphatic hydroxyl groups excluding tert-OH is 2. The van der Waals surface area contributed by atoms with Gasteiger partial charge >= 0.3 is 0 Å². The van der Waals surface area contributed by atoms with E-state index in [0.717, 1.165) is 70.6 Å². The molecular weight excluding hydrogens is 905 g/mol. The van der Waals surface area contributed by atoms with Crippen molar-refractivity contribution >= 4 is 16.2 Å². The minimum absolute atomic E-state index is 0.0384. The maximum atomic E-state index is 13.5. The molecule has 19 atom stereocenters. The second-order valence-corrected chi connectivity index (χ2v) is 29.4. The van der Waals surface area contributed by atoms with Crippen molar-refractivity contribution in [3.63, 3.8) is 0 Å².